The van der Waals surface area contributed by atoms with Crippen LogP contribution in [0.1, 0.15) is 64.2 Å². The maximum Gasteiger partial charge on any atom is 0.303 e. The van der Waals surface area contributed by atoms with E-state index < -0.39 is 12.1 Å². The third-order valence-corrected chi connectivity index (χ3v) is 4.80. The molecule has 0 heterocycles. The highest BCUT2D eigenvalue weighted by atomic mass is 16.4. The first-order valence-electron chi connectivity index (χ1n) is 7.70. The van der Waals surface area contributed by atoms with Gasteiger partial charge in [0.25, 0.3) is 0 Å². The van der Waals surface area contributed by atoms with Crippen LogP contribution in [0.4, 0.5) is 0 Å². The maximum absolute atomic E-state index is 12.2. The molecule has 0 aromatic carbocycles. The summed E-state index contributed by atoms with van der Waals surface area (Å²) in [4.78, 5) is 23.2. The minimum Gasteiger partial charge on any atom is -0.481 e. The zero-order chi connectivity index (χ0) is 14.6. The molecular formula is C15H25NO4. The number of rotatable bonds is 5. The van der Waals surface area contributed by atoms with Crippen LogP contribution in [0.3, 0.4) is 0 Å². The van der Waals surface area contributed by atoms with Gasteiger partial charge in [0.2, 0.25) is 5.91 Å². The molecule has 0 aliphatic heterocycles. The average molecular weight is 283 g/mol. The van der Waals surface area contributed by atoms with Crippen molar-refractivity contribution < 1.29 is 19.8 Å². The highest BCUT2D eigenvalue weighted by molar-refractivity contribution is 5.78. The first-order chi connectivity index (χ1) is 9.51. The van der Waals surface area contributed by atoms with Gasteiger partial charge in [0.05, 0.1) is 18.6 Å². The molecule has 2 aliphatic rings. The molecule has 0 saturated heterocycles. The molecule has 0 aromatic rings. The van der Waals surface area contributed by atoms with E-state index in [0.29, 0.717) is 0 Å². The van der Waals surface area contributed by atoms with E-state index in [1.54, 1.807) is 0 Å². The summed E-state index contributed by atoms with van der Waals surface area (Å²) in [6.07, 6.45) is 7.16. The van der Waals surface area contributed by atoms with Gasteiger partial charge in [-0.1, -0.05) is 25.7 Å². The third-order valence-electron chi connectivity index (χ3n) is 4.80. The van der Waals surface area contributed by atoms with Crippen LogP contribution >= 0.6 is 0 Å². The second-order valence-corrected chi connectivity index (χ2v) is 6.48. The van der Waals surface area contributed by atoms with Crippen molar-refractivity contribution >= 4 is 11.9 Å². The molecule has 0 unspecified atom stereocenters. The summed E-state index contributed by atoms with van der Waals surface area (Å²) in [6.45, 7) is 0. The van der Waals surface area contributed by atoms with Gasteiger partial charge in [0, 0.05) is 6.42 Å². The van der Waals surface area contributed by atoms with Crippen LogP contribution < -0.4 is 5.32 Å². The van der Waals surface area contributed by atoms with Crippen LogP contribution in [0, 0.1) is 5.41 Å². The molecule has 5 nitrogen and oxygen atoms in total. The minimum absolute atomic E-state index is 0.0770. The van der Waals surface area contributed by atoms with Gasteiger partial charge in [-0.3, -0.25) is 9.59 Å². The van der Waals surface area contributed by atoms with Crippen molar-refractivity contribution in [1.29, 1.82) is 0 Å². The first kappa shape index (κ1) is 15.3. The van der Waals surface area contributed by atoms with E-state index in [1.807, 2.05) is 0 Å². The lowest BCUT2D eigenvalue weighted by atomic mass is 9.79. The molecular weight excluding hydrogens is 258 g/mol. The standard InChI is InChI=1S/C15H25NO4/c17-12-6-2-1-5-11(12)16-13(18)9-15(10-14(19)20)7-3-4-8-15/h11-12,17H,1-10H2,(H,16,18)(H,19,20)/t11-,12-/m1/s1. The zero-order valence-electron chi connectivity index (χ0n) is 11.9. The zero-order valence-corrected chi connectivity index (χ0v) is 11.9. The largest absolute Gasteiger partial charge is 0.481 e. The average Bonchev–Trinajstić information content (AvgIpc) is 2.79. The summed E-state index contributed by atoms with van der Waals surface area (Å²) in [5.74, 6) is -0.920. The minimum atomic E-state index is -0.822. The molecule has 1 amide bonds. The number of carbonyl (C=O) groups is 2. The first-order valence-corrected chi connectivity index (χ1v) is 7.70. The third kappa shape index (κ3) is 3.95. The van der Waals surface area contributed by atoms with Crippen LogP contribution in [0.5, 0.6) is 0 Å². The molecule has 2 saturated carbocycles. The highest BCUT2D eigenvalue weighted by Crippen LogP contribution is 2.44. The summed E-state index contributed by atoms with van der Waals surface area (Å²) >= 11 is 0. The Bertz CT molecular complexity index is 363. The number of hydrogen-bond acceptors (Lipinski definition) is 3. The van der Waals surface area contributed by atoms with E-state index in [0.717, 1.165) is 51.4 Å². The monoisotopic (exact) mass is 283 g/mol. The van der Waals surface area contributed by atoms with Crippen LogP contribution in [-0.4, -0.2) is 34.2 Å². The van der Waals surface area contributed by atoms with Crippen molar-refractivity contribution in [2.75, 3.05) is 0 Å². The van der Waals surface area contributed by atoms with Crippen LogP contribution in [0.15, 0.2) is 0 Å². The van der Waals surface area contributed by atoms with Crippen molar-refractivity contribution in [3.8, 4) is 0 Å². The number of nitrogens with one attached hydrogen (secondary N) is 1. The van der Waals surface area contributed by atoms with Crippen molar-refractivity contribution in [1.82, 2.24) is 5.32 Å². The molecule has 0 radical (unpaired) electrons. The summed E-state index contributed by atoms with van der Waals surface area (Å²) in [5.41, 5.74) is -0.366. The summed E-state index contributed by atoms with van der Waals surface area (Å²) in [7, 11) is 0. The predicted octanol–water partition coefficient (Wildman–Crippen LogP) is 1.83. The van der Waals surface area contributed by atoms with Gasteiger partial charge in [-0.25, -0.2) is 0 Å². The van der Waals surface area contributed by atoms with E-state index in [4.69, 9.17) is 5.11 Å². The van der Waals surface area contributed by atoms with E-state index in [2.05, 4.69) is 5.32 Å². The van der Waals surface area contributed by atoms with Gasteiger partial charge in [-0.05, 0) is 31.1 Å². The van der Waals surface area contributed by atoms with E-state index in [-0.39, 0.29) is 30.2 Å². The Morgan fingerprint density at radius 2 is 1.70 bits per heavy atom. The molecule has 2 aliphatic carbocycles. The number of carboxylic acids is 1. The molecule has 20 heavy (non-hydrogen) atoms. The van der Waals surface area contributed by atoms with Gasteiger partial charge in [0.1, 0.15) is 0 Å². The van der Waals surface area contributed by atoms with Gasteiger partial charge >= 0.3 is 5.97 Å². The maximum atomic E-state index is 12.2. The van der Waals surface area contributed by atoms with Crippen LogP contribution in [0.25, 0.3) is 0 Å². The Hall–Kier alpha value is -1.10. The van der Waals surface area contributed by atoms with Crippen molar-refractivity contribution in [3.05, 3.63) is 0 Å². The second-order valence-electron chi connectivity index (χ2n) is 6.48. The molecule has 0 spiro atoms. The van der Waals surface area contributed by atoms with Crippen molar-refractivity contribution in [3.63, 3.8) is 0 Å². The molecule has 0 bridgehead atoms. The summed E-state index contributed by atoms with van der Waals surface area (Å²) < 4.78 is 0. The molecule has 2 rings (SSSR count). The second kappa shape index (κ2) is 6.57. The number of aliphatic hydroxyl groups excluding tert-OH is 1. The van der Waals surface area contributed by atoms with Gasteiger partial charge in [-0.15, -0.1) is 0 Å². The Balaban J connectivity index is 1.89. The van der Waals surface area contributed by atoms with E-state index in [9.17, 15) is 14.7 Å². The highest BCUT2D eigenvalue weighted by Gasteiger charge is 2.38. The van der Waals surface area contributed by atoms with Gasteiger partial charge in [-0.2, -0.15) is 0 Å². The molecule has 5 heteroatoms. The van der Waals surface area contributed by atoms with E-state index >= 15 is 0 Å². The van der Waals surface area contributed by atoms with Crippen LogP contribution in [0.2, 0.25) is 0 Å². The molecule has 2 fully saturated rings. The van der Waals surface area contributed by atoms with Crippen molar-refractivity contribution in [2.45, 2.75) is 76.4 Å². The predicted molar refractivity (Wildman–Crippen MR) is 74.2 cm³/mol. The fraction of sp³-hybridized carbons (Fsp3) is 0.867. The molecule has 2 atom stereocenters. The summed E-state index contributed by atoms with van der Waals surface area (Å²) in [5, 5.41) is 21.8. The van der Waals surface area contributed by atoms with Gasteiger partial charge in [0.15, 0.2) is 0 Å². The normalized spacial score (nSPS) is 29.1. The summed E-state index contributed by atoms with van der Waals surface area (Å²) in [6, 6.07) is -0.153. The van der Waals surface area contributed by atoms with Crippen LogP contribution in [-0.2, 0) is 9.59 Å². The van der Waals surface area contributed by atoms with E-state index in [1.165, 1.54) is 0 Å². The number of aliphatic carboxylic acids is 1. The Morgan fingerprint density at radius 3 is 2.30 bits per heavy atom. The number of amides is 1. The Labute approximate surface area is 119 Å². The lowest BCUT2D eigenvalue weighted by molar-refractivity contribution is -0.140. The van der Waals surface area contributed by atoms with Gasteiger partial charge < -0.3 is 15.5 Å². The Morgan fingerprint density at radius 1 is 1.05 bits per heavy atom. The van der Waals surface area contributed by atoms with Crippen molar-refractivity contribution in [2.24, 2.45) is 5.41 Å². The molecule has 114 valence electrons. The number of carbonyl (C=O) groups excluding carboxylic acids is 1. The molecule has 0 aromatic heterocycles. The number of aliphatic hydroxyl groups is 1. The lowest BCUT2D eigenvalue weighted by Gasteiger charge is -2.31. The molecule has 3 N–H and O–H groups in total. The fourth-order valence-corrected chi connectivity index (χ4v) is 3.74. The fourth-order valence-electron chi connectivity index (χ4n) is 3.74. The topological polar surface area (TPSA) is 86.6 Å². The SMILES string of the molecule is O=C(O)CC1(CC(=O)N[C@@H]2CCCC[C@H]2O)CCCC1. The number of hydrogen-bond donors (Lipinski definition) is 3. The quantitative estimate of drug-likeness (QED) is 0.718. The smallest absolute Gasteiger partial charge is 0.303 e. The Kier molecular flexibility index (Phi) is 5.02. The number of carboxylic acid groups (broad SMARTS) is 1. The lowest BCUT2D eigenvalue weighted by Crippen LogP contribution is -2.46.